The maximum atomic E-state index is 11.4. The summed E-state index contributed by atoms with van der Waals surface area (Å²) in [5, 5.41) is 9.15. The van der Waals surface area contributed by atoms with Gasteiger partial charge >= 0.3 is 0 Å². The molecule has 10 nitrogen and oxygen atoms in total. The van der Waals surface area contributed by atoms with Crippen molar-refractivity contribution in [3.63, 3.8) is 0 Å². The van der Waals surface area contributed by atoms with Gasteiger partial charge in [0, 0.05) is 0 Å². The first kappa shape index (κ1) is 20.6. The summed E-state index contributed by atoms with van der Waals surface area (Å²) in [6.07, 6.45) is 0. The molecule has 0 saturated carbocycles. The fraction of sp³-hybridized carbons (Fsp3) is 0.583. The van der Waals surface area contributed by atoms with Gasteiger partial charge in [0.25, 0.3) is 0 Å². The smallest absolute Gasteiger partial charge is 0.239 e. The van der Waals surface area contributed by atoms with Crippen LogP contribution in [0.5, 0.6) is 0 Å². The Kier molecular flexibility index (Phi) is 10.0. The van der Waals surface area contributed by atoms with Gasteiger partial charge in [0.1, 0.15) is 5.68 Å². The van der Waals surface area contributed by atoms with E-state index in [-0.39, 0.29) is 45.1 Å². The highest BCUT2D eigenvalue weighted by atomic mass is 16.2. The zero-order chi connectivity index (χ0) is 17.8. The molecule has 0 atom stereocenters. The Labute approximate surface area is 134 Å². The minimum Gasteiger partial charge on any atom is -0.348 e. The lowest BCUT2D eigenvalue weighted by Gasteiger charge is -2.08. The molecule has 0 radical (unpaired) electrons. The van der Waals surface area contributed by atoms with Crippen molar-refractivity contribution in [3.05, 3.63) is 0 Å². The molecule has 0 aliphatic rings. The summed E-state index contributed by atoms with van der Waals surface area (Å²) >= 11 is 0. The van der Waals surface area contributed by atoms with Crippen LogP contribution in [0.3, 0.4) is 0 Å². The van der Waals surface area contributed by atoms with Crippen LogP contribution in [0.4, 0.5) is 0 Å². The fourth-order valence-corrected chi connectivity index (χ4v) is 1.19. The molecule has 0 aromatic rings. The largest absolute Gasteiger partial charge is 0.348 e. The van der Waals surface area contributed by atoms with Crippen molar-refractivity contribution in [2.24, 2.45) is 5.73 Å². The number of carbonyl (C=O) groups excluding carboxylic acids is 5. The highest BCUT2D eigenvalue weighted by Gasteiger charge is 2.13. The first-order valence-corrected chi connectivity index (χ1v) is 7.05. The highest BCUT2D eigenvalue weighted by Crippen LogP contribution is 1.81. The molecule has 0 saturated heterocycles. The van der Waals surface area contributed by atoms with Crippen molar-refractivity contribution < 1.29 is 24.0 Å². The first-order valence-electron chi connectivity index (χ1n) is 7.05. The molecule has 0 bridgehead atoms. The van der Waals surface area contributed by atoms with E-state index in [1.807, 2.05) is 0 Å². The number of hydrogen-bond donors (Lipinski definition) is 5. The predicted octanol–water partition coefficient (Wildman–Crippen LogP) is -3.73. The minimum absolute atomic E-state index is 0.0933. The normalized spacial score (nSPS) is 9.52. The van der Waals surface area contributed by atoms with Gasteiger partial charge in [-0.25, -0.2) is 0 Å². The molecular formula is C12H22BN5O5. The van der Waals surface area contributed by atoms with Crippen LogP contribution in [0.25, 0.3) is 0 Å². The summed E-state index contributed by atoms with van der Waals surface area (Å²) < 4.78 is 0. The van der Waals surface area contributed by atoms with E-state index >= 15 is 0 Å². The minimum atomic E-state index is -0.575. The monoisotopic (exact) mass is 327 g/mol. The van der Waals surface area contributed by atoms with E-state index in [1.165, 1.54) is 0 Å². The molecule has 128 valence electrons. The molecule has 0 rings (SSSR count). The van der Waals surface area contributed by atoms with E-state index in [9.17, 15) is 24.0 Å². The average Bonchev–Trinajstić information content (AvgIpc) is 2.53. The second-order valence-corrected chi connectivity index (χ2v) is 4.93. The van der Waals surface area contributed by atoms with E-state index < -0.39 is 23.6 Å². The molecule has 4 amide bonds. The van der Waals surface area contributed by atoms with Crippen LogP contribution in [0, 0.1) is 0 Å². The van der Waals surface area contributed by atoms with Crippen molar-refractivity contribution in [1.82, 2.24) is 21.3 Å². The maximum absolute atomic E-state index is 11.4. The lowest BCUT2D eigenvalue weighted by molar-refractivity contribution is -0.128. The van der Waals surface area contributed by atoms with Crippen molar-refractivity contribution in [3.8, 4) is 0 Å². The first-order chi connectivity index (χ1) is 10.8. The molecule has 0 spiro atoms. The van der Waals surface area contributed by atoms with Crippen LogP contribution in [-0.4, -0.2) is 68.7 Å². The molecule has 23 heavy (non-hydrogen) atoms. The molecule has 0 aliphatic heterocycles. The summed E-state index contributed by atoms with van der Waals surface area (Å²) in [4.78, 5) is 56.2. The van der Waals surface area contributed by atoms with Crippen molar-refractivity contribution in [2.45, 2.75) is 13.6 Å². The van der Waals surface area contributed by atoms with E-state index in [0.29, 0.717) is 0 Å². The zero-order valence-corrected chi connectivity index (χ0v) is 13.2. The van der Waals surface area contributed by atoms with Crippen molar-refractivity contribution in [2.75, 3.05) is 32.7 Å². The van der Waals surface area contributed by atoms with Gasteiger partial charge in [0.05, 0.1) is 32.7 Å². The van der Waals surface area contributed by atoms with Crippen LogP contribution in [0.1, 0.15) is 0 Å². The van der Waals surface area contributed by atoms with Crippen molar-refractivity contribution in [1.29, 1.82) is 0 Å². The molecule has 0 aromatic heterocycles. The molecule has 11 heteroatoms. The highest BCUT2D eigenvalue weighted by molar-refractivity contribution is 6.88. The molecule has 0 aromatic carbocycles. The maximum Gasteiger partial charge on any atom is 0.239 e. The van der Waals surface area contributed by atoms with Crippen LogP contribution in [0.2, 0.25) is 13.6 Å². The van der Waals surface area contributed by atoms with Gasteiger partial charge in [0.15, 0.2) is 0 Å². The van der Waals surface area contributed by atoms with Crippen molar-refractivity contribution >= 4 is 36.0 Å². The van der Waals surface area contributed by atoms with Crippen LogP contribution in [0.15, 0.2) is 0 Å². The average molecular weight is 327 g/mol. The van der Waals surface area contributed by atoms with E-state index in [2.05, 4.69) is 21.3 Å². The lowest BCUT2D eigenvalue weighted by atomic mass is 9.51. The summed E-state index contributed by atoms with van der Waals surface area (Å²) in [6.45, 7) is 2.00. The zero-order valence-electron chi connectivity index (χ0n) is 13.2. The second-order valence-electron chi connectivity index (χ2n) is 4.93. The van der Waals surface area contributed by atoms with Gasteiger partial charge in [-0.3, -0.25) is 19.2 Å². The molecular weight excluding hydrogens is 305 g/mol. The van der Waals surface area contributed by atoms with Crippen LogP contribution < -0.4 is 27.0 Å². The standard InChI is InChI=1S/C12H22BN5O5/c1-13(2)8(19)4-15-10(21)6-17-12(23)7-18-11(22)5-16-9(20)3-14/h3-7,14H2,1-2H3,(H,15,21)(H,16,20)(H,17,23)(H,18,22). The van der Waals surface area contributed by atoms with Crippen LogP contribution in [-0.2, 0) is 24.0 Å². The summed E-state index contributed by atoms with van der Waals surface area (Å²) in [5.74, 6) is -2.13. The van der Waals surface area contributed by atoms with Gasteiger partial charge in [-0.1, -0.05) is 13.6 Å². The predicted molar refractivity (Wildman–Crippen MR) is 83.6 cm³/mol. The third-order valence-corrected chi connectivity index (χ3v) is 2.63. The summed E-state index contributed by atoms with van der Waals surface area (Å²) in [6, 6.07) is 0. The Bertz CT molecular complexity index is 469. The van der Waals surface area contributed by atoms with Gasteiger partial charge in [-0.2, -0.15) is 0 Å². The van der Waals surface area contributed by atoms with Gasteiger partial charge < -0.3 is 31.8 Å². The Balaban J connectivity index is 3.82. The Morgan fingerprint density at radius 3 is 1.39 bits per heavy atom. The van der Waals surface area contributed by atoms with Crippen LogP contribution >= 0.6 is 0 Å². The number of amides is 4. The molecule has 0 heterocycles. The number of carbonyl (C=O) groups is 5. The van der Waals surface area contributed by atoms with E-state index in [0.717, 1.165) is 0 Å². The lowest BCUT2D eigenvalue weighted by Crippen LogP contribution is -2.45. The molecule has 0 aliphatic carbocycles. The number of nitrogens with two attached hydrogens (primary N) is 1. The molecule has 0 unspecified atom stereocenters. The van der Waals surface area contributed by atoms with E-state index in [1.54, 1.807) is 13.6 Å². The number of hydrogen-bond acceptors (Lipinski definition) is 6. The molecule has 6 N–H and O–H groups in total. The Morgan fingerprint density at radius 2 is 1.04 bits per heavy atom. The van der Waals surface area contributed by atoms with E-state index in [4.69, 9.17) is 5.73 Å². The number of nitrogens with one attached hydrogen (secondary N) is 4. The fourth-order valence-electron chi connectivity index (χ4n) is 1.19. The SMILES string of the molecule is CB(C)C(=O)CNC(=O)CNC(=O)CNC(=O)CNC(=O)CN. The second kappa shape index (κ2) is 11.2. The summed E-state index contributed by atoms with van der Waals surface area (Å²) in [7, 11) is 0. The van der Waals surface area contributed by atoms with Gasteiger partial charge in [-0.15, -0.1) is 0 Å². The molecule has 0 fully saturated rings. The summed E-state index contributed by atoms with van der Waals surface area (Å²) in [5.41, 5.74) is 4.93. The van der Waals surface area contributed by atoms with Gasteiger partial charge in [-0.05, 0) is 0 Å². The Hall–Kier alpha value is -2.43. The topological polar surface area (TPSA) is 159 Å². The third kappa shape index (κ3) is 10.9. The quantitative estimate of drug-likeness (QED) is 0.259. The number of rotatable bonds is 10. The van der Waals surface area contributed by atoms with Gasteiger partial charge in [0.2, 0.25) is 30.3 Å². The third-order valence-electron chi connectivity index (χ3n) is 2.63. The Morgan fingerprint density at radius 1 is 0.696 bits per heavy atom.